The molecular formula is C25H24BrNO. The van der Waals surface area contributed by atoms with Crippen LogP contribution in [0.3, 0.4) is 0 Å². The van der Waals surface area contributed by atoms with Gasteiger partial charge in [0.1, 0.15) is 0 Å². The Kier molecular flexibility index (Phi) is 5.63. The average Bonchev–Trinajstić information content (AvgIpc) is 2.70. The molecule has 0 heterocycles. The van der Waals surface area contributed by atoms with Gasteiger partial charge in [0.15, 0.2) is 0 Å². The quantitative estimate of drug-likeness (QED) is 0.541. The van der Waals surface area contributed by atoms with Crippen molar-refractivity contribution in [3.05, 3.63) is 99.6 Å². The Morgan fingerprint density at radius 2 is 1.89 bits per heavy atom. The van der Waals surface area contributed by atoms with Crippen LogP contribution < -0.4 is 5.32 Å². The molecule has 2 unspecified atom stereocenters. The van der Waals surface area contributed by atoms with Crippen molar-refractivity contribution in [3.63, 3.8) is 0 Å². The molecule has 0 saturated carbocycles. The predicted octanol–water partition coefficient (Wildman–Crippen LogP) is 6.59. The maximum Gasteiger partial charge on any atom is 0.255 e. The van der Waals surface area contributed by atoms with Crippen molar-refractivity contribution in [2.45, 2.75) is 26.2 Å². The van der Waals surface area contributed by atoms with E-state index in [4.69, 9.17) is 0 Å². The number of allylic oxidation sites excluding steroid dienone is 6. The number of carbonyl (C=O) groups excluding carboxylic acids is 1. The van der Waals surface area contributed by atoms with Crippen molar-refractivity contribution < 1.29 is 4.79 Å². The lowest BCUT2D eigenvalue weighted by Crippen LogP contribution is -2.17. The highest BCUT2D eigenvalue weighted by molar-refractivity contribution is 9.11. The lowest BCUT2D eigenvalue weighted by Gasteiger charge is -2.28. The van der Waals surface area contributed by atoms with Crippen molar-refractivity contribution in [2.24, 2.45) is 11.8 Å². The van der Waals surface area contributed by atoms with Gasteiger partial charge in [-0.1, -0.05) is 76.1 Å². The van der Waals surface area contributed by atoms with Crippen LogP contribution in [0.2, 0.25) is 0 Å². The molecule has 0 fully saturated rings. The van der Waals surface area contributed by atoms with E-state index in [9.17, 15) is 4.79 Å². The number of fused-ring (bicyclic) bond motifs is 1. The first kappa shape index (κ1) is 18.9. The number of rotatable bonds is 4. The predicted molar refractivity (Wildman–Crippen MR) is 120 cm³/mol. The molecule has 0 saturated heterocycles. The van der Waals surface area contributed by atoms with Crippen molar-refractivity contribution >= 4 is 27.5 Å². The number of hydrogen-bond donors (Lipinski definition) is 1. The first-order valence-electron chi connectivity index (χ1n) is 9.79. The van der Waals surface area contributed by atoms with Gasteiger partial charge in [0, 0.05) is 21.7 Å². The third-order valence-corrected chi connectivity index (χ3v) is 6.14. The molecule has 2 nitrogen and oxygen atoms in total. The molecule has 2 atom stereocenters. The van der Waals surface area contributed by atoms with Gasteiger partial charge in [0.25, 0.3) is 5.91 Å². The minimum atomic E-state index is -0.0646. The first-order valence-corrected chi connectivity index (χ1v) is 10.6. The fourth-order valence-corrected chi connectivity index (χ4v) is 4.46. The van der Waals surface area contributed by atoms with E-state index in [1.165, 1.54) is 22.0 Å². The summed E-state index contributed by atoms with van der Waals surface area (Å²) in [6, 6.07) is 15.8. The largest absolute Gasteiger partial charge is 0.322 e. The van der Waals surface area contributed by atoms with Crippen LogP contribution in [0, 0.1) is 18.8 Å². The van der Waals surface area contributed by atoms with Gasteiger partial charge in [-0.3, -0.25) is 4.79 Å². The number of anilines is 1. The topological polar surface area (TPSA) is 29.1 Å². The molecule has 1 N–H and O–H groups in total. The Bertz CT molecular complexity index is 968. The van der Waals surface area contributed by atoms with Crippen molar-refractivity contribution in [1.82, 2.24) is 0 Å². The lowest BCUT2D eigenvalue weighted by atomic mass is 9.77. The summed E-state index contributed by atoms with van der Waals surface area (Å²) < 4.78 is 1.20. The molecule has 1 amide bonds. The summed E-state index contributed by atoms with van der Waals surface area (Å²) in [6.07, 6.45) is 12.5. The highest BCUT2D eigenvalue weighted by atomic mass is 79.9. The zero-order valence-corrected chi connectivity index (χ0v) is 17.6. The number of benzene rings is 2. The van der Waals surface area contributed by atoms with E-state index in [-0.39, 0.29) is 5.91 Å². The minimum absolute atomic E-state index is 0.0646. The number of nitrogens with one attached hydrogen (secondary N) is 1. The summed E-state index contributed by atoms with van der Waals surface area (Å²) in [4.78, 5) is 12.5. The number of halogens is 1. The number of carbonyl (C=O) groups is 1. The van der Waals surface area contributed by atoms with Crippen LogP contribution in [0.25, 0.3) is 0 Å². The van der Waals surface area contributed by atoms with E-state index in [1.807, 2.05) is 43.3 Å². The van der Waals surface area contributed by atoms with Crippen LogP contribution >= 0.6 is 15.9 Å². The van der Waals surface area contributed by atoms with Gasteiger partial charge in [-0.2, -0.15) is 0 Å². The molecule has 142 valence electrons. The molecule has 4 rings (SSSR count). The molecule has 0 aliphatic heterocycles. The first-order chi connectivity index (χ1) is 13.6. The standard InChI is InChI=1S/C25H24BrNO/c1-17-4-2-3-5-24(17)27-25(28)20-9-6-18(7-10-20)14-19-8-11-22-16-23(26)13-12-21(22)15-19/h2-7,9-10,12-13,15-16,21-22H,8,11,14H2,1H3,(H,27,28). The fourth-order valence-electron chi connectivity index (χ4n) is 3.97. The molecule has 0 bridgehead atoms. The fraction of sp³-hybridized carbons (Fsp3) is 0.240. The smallest absolute Gasteiger partial charge is 0.255 e. The van der Waals surface area contributed by atoms with E-state index in [2.05, 4.69) is 57.7 Å². The molecular weight excluding hydrogens is 410 g/mol. The summed E-state index contributed by atoms with van der Waals surface area (Å²) in [5, 5.41) is 2.99. The highest BCUT2D eigenvalue weighted by Crippen LogP contribution is 2.36. The lowest BCUT2D eigenvalue weighted by molar-refractivity contribution is 0.102. The number of para-hydroxylation sites is 1. The molecule has 2 aliphatic rings. The van der Waals surface area contributed by atoms with E-state index >= 15 is 0 Å². The molecule has 2 aliphatic carbocycles. The minimum Gasteiger partial charge on any atom is -0.322 e. The average molecular weight is 434 g/mol. The van der Waals surface area contributed by atoms with Gasteiger partial charge in [0.2, 0.25) is 0 Å². The van der Waals surface area contributed by atoms with E-state index in [0.717, 1.165) is 24.1 Å². The Balaban J connectivity index is 1.41. The second-order valence-electron chi connectivity index (χ2n) is 7.66. The maximum atomic E-state index is 12.5. The van der Waals surface area contributed by atoms with Crippen LogP contribution in [-0.4, -0.2) is 5.91 Å². The molecule has 2 aromatic rings. The number of aryl methyl sites for hydroxylation is 1. The van der Waals surface area contributed by atoms with E-state index in [0.29, 0.717) is 17.4 Å². The Morgan fingerprint density at radius 3 is 2.68 bits per heavy atom. The summed E-state index contributed by atoms with van der Waals surface area (Å²) in [5.41, 5.74) is 5.37. The van der Waals surface area contributed by atoms with Gasteiger partial charge >= 0.3 is 0 Å². The normalized spacial score (nSPS) is 20.8. The van der Waals surface area contributed by atoms with Crippen LogP contribution in [0.1, 0.15) is 34.3 Å². The van der Waals surface area contributed by atoms with Gasteiger partial charge in [-0.25, -0.2) is 0 Å². The summed E-state index contributed by atoms with van der Waals surface area (Å²) in [5.74, 6) is 1.07. The molecule has 3 heteroatoms. The highest BCUT2D eigenvalue weighted by Gasteiger charge is 2.23. The van der Waals surface area contributed by atoms with Crippen LogP contribution in [0.15, 0.2) is 82.9 Å². The third kappa shape index (κ3) is 4.36. The number of hydrogen-bond acceptors (Lipinski definition) is 1. The van der Waals surface area contributed by atoms with Crippen molar-refractivity contribution in [1.29, 1.82) is 0 Å². The maximum absolute atomic E-state index is 12.5. The van der Waals surface area contributed by atoms with Gasteiger partial charge in [-0.15, -0.1) is 0 Å². The second kappa shape index (κ2) is 8.32. The number of amides is 1. The van der Waals surface area contributed by atoms with E-state index < -0.39 is 0 Å². The molecule has 0 radical (unpaired) electrons. The molecule has 0 aromatic heterocycles. The molecule has 2 aromatic carbocycles. The Labute approximate surface area is 175 Å². The monoisotopic (exact) mass is 433 g/mol. The van der Waals surface area contributed by atoms with Crippen molar-refractivity contribution in [3.8, 4) is 0 Å². The van der Waals surface area contributed by atoms with Gasteiger partial charge in [0.05, 0.1) is 0 Å². The van der Waals surface area contributed by atoms with Gasteiger partial charge in [-0.05, 0) is 61.4 Å². The zero-order chi connectivity index (χ0) is 19.5. The summed E-state index contributed by atoms with van der Waals surface area (Å²) >= 11 is 3.58. The van der Waals surface area contributed by atoms with Crippen LogP contribution in [0.5, 0.6) is 0 Å². The third-order valence-electron chi connectivity index (χ3n) is 5.61. The molecule has 28 heavy (non-hydrogen) atoms. The summed E-state index contributed by atoms with van der Waals surface area (Å²) in [7, 11) is 0. The van der Waals surface area contributed by atoms with Crippen LogP contribution in [-0.2, 0) is 6.42 Å². The van der Waals surface area contributed by atoms with Crippen LogP contribution in [0.4, 0.5) is 5.69 Å². The zero-order valence-electron chi connectivity index (χ0n) is 16.0. The summed E-state index contributed by atoms with van der Waals surface area (Å²) in [6.45, 7) is 2.00. The Morgan fingerprint density at radius 1 is 1.11 bits per heavy atom. The van der Waals surface area contributed by atoms with Crippen molar-refractivity contribution in [2.75, 3.05) is 5.32 Å². The molecule has 0 spiro atoms. The SMILES string of the molecule is Cc1ccccc1NC(=O)c1ccc(CC2=CC3C=CC(Br)=CC3CC2)cc1. The van der Waals surface area contributed by atoms with E-state index in [1.54, 1.807) is 0 Å². The van der Waals surface area contributed by atoms with Gasteiger partial charge < -0.3 is 5.32 Å². The second-order valence-corrected chi connectivity index (χ2v) is 8.57. The Hall–Kier alpha value is -2.39.